The van der Waals surface area contributed by atoms with E-state index in [9.17, 15) is 4.79 Å². The summed E-state index contributed by atoms with van der Waals surface area (Å²) in [6.07, 6.45) is 10.2. The van der Waals surface area contributed by atoms with Crippen LogP contribution in [0.1, 0.15) is 64.7 Å². The monoisotopic (exact) mass is 293 g/mol. The molecule has 0 heterocycles. The lowest BCUT2D eigenvalue weighted by Gasteiger charge is -2.08. The van der Waals surface area contributed by atoms with Gasteiger partial charge in [0.05, 0.1) is 4.95 Å². The van der Waals surface area contributed by atoms with E-state index >= 15 is 0 Å². The molecule has 4 heteroatoms. The van der Waals surface area contributed by atoms with Crippen molar-refractivity contribution in [2.24, 2.45) is 0 Å². The average Bonchev–Trinajstić information content (AvgIpc) is 2.21. The lowest BCUT2D eigenvalue weighted by Crippen LogP contribution is -2.28. The highest BCUT2D eigenvalue weighted by molar-refractivity contribution is 9.09. The average molecular weight is 294 g/mol. The third-order valence-electron chi connectivity index (χ3n) is 2.59. The number of hydrogen-bond acceptors (Lipinski definition) is 1. The van der Waals surface area contributed by atoms with Crippen LogP contribution in [0.4, 0.5) is 4.79 Å². The molecule has 0 aliphatic heterocycles. The van der Waals surface area contributed by atoms with Crippen LogP contribution in [0.5, 0.6) is 0 Å². The van der Waals surface area contributed by atoms with Crippen molar-refractivity contribution in [2.75, 3.05) is 0 Å². The van der Waals surface area contributed by atoms with E-state index in [2.05, 4.69) is 28.2 Å². The molecular formula is C12H24BrNO2. The molecule has 1 amide bonds. The molecule has 1 unspecified atom stereocenters. The molecule has 0 aromatic carbocycles. The van der Waals surface area contributed by atoms with Crippen molar-refractivity contribution in [1.29, 1.82) is 0 Å². The minimum absolute atomic E-state index is 0.0925. The smallest absolute Gasteiger partial charge is 0.405 e. The molecule has 0 spiro atoms. The minimum atomic E-state index is -0.957. The molecular weight excluding hydrogens is 270 g/mol. The van der Waals surface area contributed by atoms with Gasteiger partial charge in [-0.2, -0.15) is 0 Å². The van der Waals surface area contributed by atoms with Gasteiger partial charge in [-0.1, -0.05) is 74.2 Å². The maximum absolute atomic E-state index is 10.3. The number of hydrogen-bond donors (Lipinski definition) is 2. The largest absolute Gasteiger partial charge is 0.465 e. The summed E-state index contributed by atoms with van der Waals surface area (Å²) in [6.45, 7) is 2.23. The van der Waals surface area contributed by atoms with Crippen molar-refractivity contribution < 1.29 is 9.90 Å². The fourth-order valence-corrected chi connectivity index (χ4v) is 2.18. The Morgan fingerprint density at radius 1 is 1.12 bits per heavy atom. The third kappa shape index (κ3) is 11.8. The lowest BCUT2D eigenvalue weighted by molar-refractivity contribution is 0.193. The summed E-state index contributed by atoms with van der Waals surface area (Å²) >= 11 is 3.29. The van der Waals surface area contributed by atoms with Crippen LogP contribution in [0.2, 0.25) is 0 Å². The zero-order valence-corrected chi connectivity index (χ0v) is 11.8. The fraction of sp³-hybridized carbons (Fsp3) is 0.917. The van der Waals surface area contributed by atoms with E-state index in [1.54, 1.807) is 0 Å². The Labute approximate surface area is 107 Å². The van der Waals surface area contributed by atoms with Gasteiger partial charge < -0.3 is 10.4 Å². The Hall–Kier alpha value is -0.250. The van der Waals surface area contributed by atoms with E-state index in [1.165, 1.54) is 44.9 Å². The second kappa shape index (κ2) is 11.2. The van der Waals surface area contributed by atoms with Crippen molar-refractivity contribution in [3.63, 3.8) is 0 Å². The number of rotatable bonds is 10. The first-order chi connectivity index (χ1) is 7.66. The molecule has 1 atom stereocenters. The molecule has 2 N–H and O–H groups in total. The Bertz CT molecular complexity index is 176. The highest BCUT2D eigenvalue weighted by atomic mass is 79.9. The zero-order valence-electron chi connectivity index (χ0n) is 10.2. The maximum atomic E-state index is 10.3. The summed E-state index contributed by atoms with van der Waals surface area (Å²) < 4.78 is 0. The van der Waals surface area contributed by atoms with Gasteiger partial charge in [-0.3, -0.25) is 0 Å². The van der Waals surface area contributed by atoms with Crippen LogP contribution in [0, 0.1) is 0 Å². The Morgan fingerprint density at radius 2 is 1.62 bits per heavy atom. The molecule has 0 saturated carbocycles. The quantitative estimate of drug-likeness (QED) is 0.354. The number of nitrogens with one attached hydrogen (secondary N) is 1. The van der Waals surface area contributed by atoms with Crippen molar-refractivity contribution in [2.45, 2.75) is 69.7 Å². The minimum Gasteiger partial charge on any atom is -0.465 e. The van der Waals surface area contributed by atoms with Crippen LogP contribution >= 0.6 is 15.9 Å². The number of carboxylic acid groups (broad SMARTS) is 1. The summed E-state index contributed by atoms with van der Waals surface area (Å²) in [5.74, 6) is 0. The van der Waals surface area contributed by atoms with Crippen molar-refractivity contribution in [1.82, 2.24) is 5.32 Å². The predicted molar refractivity (Wildman–Crippen MR) is 71.1 cm³/mol. The van der Waals surface area contributed by atoms with Gasteiger partial charge in [-0.05, 0) is 6.42 Å². The first kappa shape index (κ1) is 15.8. The SMILES string of the molecule is CCCCCCCCCCC(Br)NC(=O)O. The van der Waals surface area contributed by atoms with Crippen LogP contribution < -0.4 is 5.32 Å². The molecule has 0 saturated heterocycles. The van der Waals surface area contributed by atoms with E-state index < -0.39 is 6.09 Å². The highest BCUT2D eigenvalue weighted by Gasteiger charge is 2.05. The first-order valence-corrected chi connectivity index (χ1v) is 7.22. The van der Waals surface area contributed by atoms with Crippen LogP contribution in [0.15, 0.2) is 0 Å². The zero-order chi connectivity index (χ0) is 12.2. The summed E-state index contributed by atoms with van der Waals surface area (Å²) in [5.41, 5.74) is 0. The fourth-order valence-electron chi connectivity index (χ4n) is 1.66. The van der Waals surface area contributed by atoms with Crippen LogP contribution in [-0.2, 0) is 0 Å². The molecule has 0 aliphatic carbocycles. The standard InChI is InChI=1S/C12H24BrNO2/c1-2-3-4-5-6-7-8-9-10-11(13)14-12(15)16/h11,14H,2-10H2,1H3,(H,15,16). The van der Waals surface area contributed by atoms with Crippen LogP contribution in [-0.4, -0.2) is 16.2 Å². The summed E-state index contributed by atoms with van der Waals surface area (Å²) in [6, 6.07) is 0. The number of halogens is 1. The lowest BCUT2D eigenvalue weighted by atomic mass is 10.1. The van der Waals surface area contributed by atoms with Crippen molar-refractivity contribution >= 4 is 22.0 Å². The Morgan fingerprint density at radius 3 is 2.12 bits per heavy atom. The molecule has 0 aromatic rings. The molecule has 0 radical (unpaired) electrons. The van der Waals surface area contributed by atoms with Crippen molar-refractivity contribution in [3.05, 3.63) is 0 Å². The van der Waals surface area contributed by atoms with E-state index in [-0.39, 0.29) is 4.95 Å². The van der Waals surface area contributed by atoms with Crippen molar-refractivity contribution in [3.8, 4) is 0 Å². The highest BCUT2D eigenvalue weighted by Crippen LogP contribution is 2.12. The van der Waals surface area contributed by atoms with Gasteiger partial charge in [0.1, 0.15) is 0 Å². The Kier molecular flexibility index (Phi) is 11.1. The molecule has 0 fully saturated rings. The van der Waals surface area contributed by atoms with Gasteiger partial charge in [0, 0.05) is 0 Å². The van der Waals surface area contributed by atoms with E-state index in [4.69, 9.17) is 5.11 Å². The first-order valence-electron chi connectivity index (χ1n) is 6.30. The van der Waals surface area contributed by atoms with Gasteiger partial charge in [0.2, 0.25) is 0 Å². The van der Waals surface area contributed by atoms with E-state index in [1.807, 2.05) is 0 Å². The second-order valence-corrected chi connectivity index (χ2v) is 5.29. The van der Waals surface area contributed by atoms with Crippen LogP contribution in [0.3, 0.4) is 0 Å². The molecule has 0 aliphatic rings. The van der Waals surface area contributed by atoms with Gasteiger partial charge in [-0.15, -0.1) is 0 Å². The number of unbranched alkanes of at least 4 members (excludes halogenated alkanes) is 7. The predicted octanol–water partition coefficient (Wildman–Crippen LogP) is 4.51. The molecule has 0 rings (SSSR count). The van der Waals surface area contributed by atoms with Gasteiger partial charge in [-0.25, -0.2) is 4.79 Å². The normalized spacial score (nSPS) is 12.4. The number of alkyl halides is 1. The molecule has 16 heavy (non-hydrogen) atoms. The topological polar surface area (TPSA) is 49.3 Å². The van der Waals surface area contributed by atoms with Gasteiger partial charge in [0.15, 0.2) is 0 Å². The molecule has 3 nitrogen and oxygen atoms in total. The number of carbonyl (C=O) groups is 1. The van der Waals surface area contributed by atoms with Crippen LogP contribution in [0.25, 0.3) is 0 Å². The second-order valence-electron chi connectivity index (χ2n) is 4.18. The molecule has 0 aromatic heterocycles. The van der Waals surface area contributed by atoms with E-state index in [0.717, 1.165) is 12.8 Å². The molecule has 96 valence electrons. The van der Waals surface area contributed by atoms with E-state index in [0.29, 0.717) is 0 Å². The molecule has 0 bridgehead atoms. The Balaban J connectivity index is 3.11. The third-order valence-corrected chi connectivity index (χ3v) is 3.28. The summed E-state index contributed by atoms with van der Waals surface area (Å²) in [4.78, 5) is 10.2. The van der Waals surface area contributed by atoms with Gasteiger partial charge >= 0.3 is 6.09 Å². The summed E-state index contributed by atoms with van der Waals surface area (Å²) in [5, 5.41) is 10.9. The number of amides is 1. The van der Waals surface area contributed by atoms with Gasteiger partial charge in [0.25, 0.3) is 0 Å². The summed E-state index contributed by atoms with van der Waals surface area (Å²) in [7, 11) is 0. The maximum Gasteiger partial charge on any atom is 0.405 e.